The van der Waals surface area contributed by atoms with Gasteiger partial charge in [0.1, 0.15) is 0 Å². The van der Waals surface area contributed by atoms with Crippen LogP contribution in [0.2, 0.25) is 0 Å². The zero-order valence-corrected chi connectivity index (χ0v) is 20.2. The number of fused-ring (bicyclic) bond motifs is 1. The fourth-order valence-corrected chi connectivity index (χ4v) is 4.83. The number of likely N-dealkylation sites (tertiary alicyclic amines) is 1. The van der Waals surface area contributed by atoms with Crippen molar-refractivity contribution in [3.05, 3.63) is 83.4 Å². The number of hydrogen-bond acceptors (Lipinski definition) is 3. The van der Waals surface area contributed by atoms with Crippen LogP contribution in [0.5, 0.6) is 0 Å². The smallest absolute Gasteiger partial charge is 0.255 e. The van der Waals surface area contributed by atoms with Crippen LogP contribution in [0.15, 0.2) is 66.7 Å². The Balaban J connectivity index is 0.00000274. The molecule has 3 aromatic rings. The summed E-state index contributed by atoms with van der Waals surface area (Å²) in [6.07, 6.45) is 2.45. The summed E-state index contributed by atoms with van der Waals surface area (Å²) in [6.45, 7) is 5.31. The largest absolute Gasteiger partial charge is 0.326 e. The van der Waals surface area contributed by atoms with Crippen LogP contribution >= 0.6 is 12.4 Å². The molecule has 2 aliphatic heterocycles. The Hall–Kier alpha value is -3.15. The molecule has 1 fully saturated rings. The first-order valence-electron chi connectivity index (χ1n) is 11.7. The maximum atomic E-state index is 13.1. The molecule has 0 spiro atoms. The third-order valence-electron chi connectivity index (χ3n) is 6.62. The summed E-state index contributed by atoms with van der Waals surface area (Å²) in [4.78, 5) is 27.3. The summed E-state index contributed by atoms with van der Waals surface area (Å²) in [6, 6.07) is 22.1. The predicted octanol–water partition coefficient (Wildman–Crippen LogP) is 5.75. The van der Waals surface area contributed by atoms with E-state index in [4.69, 9.17) is 0 Å². The second-order valence-corrected chi connectivity index (χ2v) is 9.24. The van der Waals surface area contributed by atoms with Gasteiger partial charge in [0.05, 0.1) is 0 Å². The molecule has 1 saturated heterocycles. The van der Waals surface area contributed by atoms with Gasteiger partial charge in [-0.15, -0.1) is 12.4 Å². The molecule has 0 aliphatic carbocycles. The lowest BCUT2D eigenvalue weighted by atomic mass is 9.96. The van der Waals surface area contributed by atoms with Gasteiger partial charge in [0.25, 0.3) is 5.91 Å². The molecule has 2 aliphatic rings. The van der Waals surface area contributed by atoms with Crippen LogP contribution < -0.4 is 10.6 Å². The molecule has 2 N–H and O–H groups in total. The molecular weight excluding hydrogens is 446 g/mol. The van der Waals surface area contributed by atoms with Gasteiger partial charge in [0, 0.05) is 36.4 Å². The van der Waals surface area contributed by atoms with Gasteiger partial charge in [-0.25, -0.2) is 0 Å². The standard InChI is InChI=1S/C28H29N3O2.ClH/c1-19-13-14-31(17-19)18-23-15-22(8-11-25(23)20-5-3-2-4-6-20)28(33)29-24-10-7-21-9-12-27(32)30-26(21)16-24;/h2-8,10-11,15-16,19H,9,12-14,17-18H2,1H3,(H,29,33)(H,30,32);1H/t19-;/m1./s1. The average Bonchev–Trinajstić information content (AvgIpc) is 3.23. The average molecular weight is 476 g/mol. The Morgan fingerprint density at radius 3 is 2.65 bits per heavy atom. The van der Waals surface area contributed by atoms with Gasteiger partial charge in [0.15, 0.2) is 0 Å². The van der Waals surface area contributed by atoms with E-state index in [-0.39, 0.29) is 24.2 Å². The van der Waals surface area contributed by atoms with E-state index >= 15 is 0 Å². The van der Waals surface area contributed by atoms with E-state index < -0.39 is 0 Å². The van der Waals surface area contributed by atoms with Gasteiger partial charge in [-0.3, -0.25) is 14.5 Å². The maximum absolute atomic E-state index is 13.1. The van der Waals surface area contributed by atoms with Crippen molar-refractivity contribution in [2.24, 2.45) is 5.92 Å². The Labute approximate surface area is 207 Å². The number of anilines is 2. The first-order valence-corrected chi connectivity index (χ1v) is 11.7. The highest BCUT2D eigenvalue weighted by Crippen LogP contribution is 2.29. The molecule has 5 rings (SSSR count). The van der Waals surface area contributed by atoms with Gasteiger partial charge in [-0.2, -0.15) is 0 Å². The zero-order chi connectivity index (χ0) is 22.8. The fraction of sp³-hybridized carbons (Fsp3) is 0.286. The number of carbonyl (C=O) groups excluding carboxylic acids is 2. The number of carbonyl (C=O) groups is 2. The minimum Gasteiger partial charge on any atom is -0.326 e. The Bertz CT molecular complexity index is 1200. The molecule has 2 heterocycles. The molecule has 3 aromatic carbocycles. The normalized spacial score (nSPS) is 17.4. The Morgan fingerprint density at radius 1 is 1.06 bits per heavy atom. The number of rotatable bonds is 5. The van der Waals surface area contributed by atoms with Crippen LogP contribution in [-0.4, -0.2) is 29.8 Å². The number of nitrogens with one attached hydrogen (secondary N) is 2. The Morgan fingerprint density at radius 2 is 1.88 bits per heavy atom. The molecule has 0 saturated carbocycles. The van der Waals surface area contributed by atoms with Gasteiger partial charge in [-0.05, 0) is 71.8 Å². The summed E-state index contributed by atoms with van der Waals surface area (Å²) >= 11 is 0. The summed E-state index contributed by atoms with van der Waals surface area (Å²) in [5, 5.41) is 5.90. The highest BCUT2D eigenvalue weighted by molar-refractivity contribution is 6.05. The first kappa shape index (κ1) is 24.0. The molecular formula is C28H30ClN3O2. The van der Waals surface area contributed by atoms with E-state index in [1.165, 1.54) is 17.5 Å². The lowest BCUT2D eigenvalue weighted by Crippen LogP contribution is -2.21. The van der Waals surface area contributed by atoms with E-state index in [0.29, 0.717) is 23.6 Å². The summed E-state index contributed by atoms with van der Waals surface area (Å²) < 4.78 is 0. The highest BCUT2D eigenvalue weighted by atomic mass is 35.5. The SMILES string of the molecule is C[C@@H]1CCN(Cc2cc(C(=O)Nc3ccc4c(c3)NC(=O)CC4)ccc2-c2ccccc2)C1.Cl. The van der Waals surface area contributed by atoms with Gasteiger partial charge < -0.3 is 10.6 Å². The molecule has 0 radical (unpaired) electrons. The van der Waals surface area contributed by atoms with E-state index in [1.54, 1.807) is 0 Å². The molecule has 5 nitrogen and oxygen atoms in total. The minimum atomic E-state index is -0.146. The van der Waals surface area contributed by atoms with E-state index in [1.807, 2.05) is 48.5 Å². The van der Waals surface area contributed by atoms with Crippen molar-refractivity contribution >= 4 is 35.6 Å². The second-order valence-electron chi connectivity index (χ2n) is 9.24. The molecule has 176 valence electrons. The number of aryl methyl sites for hydroxylation is 1. The lowest BCUT2D eigenvalue weighted by molar-refractivity contribution is -0.116. The summed E-state index contributed by atoms with van der Waals surface area (Å²) in [5.41, 5.74) is 6.71. The van der Waals surface area contributed by atoms with Crippen LogP contribution in [0.1, 0.15) is 41.3 Å². The van der Waals surface area contributed by atoms with Crippen molar-refractivity contribution in [1.29, 1.82) is 0 Å². The van der Waals surface area contributed by atoms with E-state index in [9.17, 15) is 9.59 Å². The lowest BCUT2D eigenvalue weighted by Gasteiger charge is -2.20. The number of nitrogens with zero attached hydrogens (tertiary/aromatic N) is 1. The minimum absolute atomic E-state index is 0. The van der Waals surface area contributed by atoms with Gasteiger partial charge in [-0.1, -0.05) is 49.4 Å². The van der Waals surface area contributed by atoms with Crippen molar-refractivity contribution in [2.75, 3.05) is 23.7 Å². The number of benzene rings is 3. The van der Waals surface area contributed by atoms with E-state index in [2.05, 4.69) is 40.7 Å². The number of halogens is 1. The number of hydrogen-bond donors (Lipinski definition) is 2. The number of amides is 2. The van der Waals surface area contributed by atoms with Gasteiger partial charge >= 0.3 is 0 Å². The second kappa shape index (κ2) is 10.4. The molecule has 2 amide bonds. The van der Waals surface area contributed by atoms with E-state index in [0.717, 1.165) is 42.9 Å². The predicted molar refractivity (Wildman–Crippen MR) is 140 cm³/mol. The van der Waals surface area contributed by atoms with Crippen LogP contribution in [-0.2, 0) is 17.8 Å². The van der Waals surface area contributed by atoms with Crippen molar-refractivity contribution in [2.45, 2.75) is 32.7 Å². The fourth-order valence-electron chi connectivity index (χ4n) is 4.83. The zero-order valence-electron chi connectivity index (χ0n) is 19.3. The van der Waals surface area contributed by atoms with Crippen LogP contribution in [0.25, 0.3) is 11.1 Å². The van der Waals surface area contributed by atoms with Crippen LogP contribution in [0.4, 0.5) is 11.4 Å². The molecule has 0 aromatic heterocycles. The van der Waals surface area contributed by atoms with Crippen molar-refractivity contribution in [3.8, 4) is 11.1 Å². The first-order chi connectivity index (χ1) is 16.0. The van der Waals surface area contributed by atoms with Gasteiger partial charge in [0.2, 0.25) is 5.91 Å². The monoisotopic (exact) mass is 475 g/mol. The van der Waals surface area contributed by atoms with Crippen molar-refractivity contribution in [1.82, 2.24) is 4.90 Å². The molecule has 6 heteroatoms. The van der Waals surface area contributed by atoms with Crippen LogP contribution in [0, 0.1) is 5.92 Å². The highest BCUT2D eigenvalue weighted by Gasteiger charge is 2.21. The maximum Gasteiger partial charge on any atom is 0.255 e. The molecule has 0 unspecified atom stereocenters. The van der Waals surface area contributed by atoms with Crippen LogP contribution in [0.3, 0.4) is 0 Å². The molecule has 1 atom stereocenters. The molecule has 0 bridgehead atoms. The van der Waals surface area contributed by atoms with Crippen molar-refractivity contribution < 1.29 is 9.59 Å². The summed E-state index contributed by atoms with van der Waals surface area (Å²) in [7, 11) is 0. The summed E-state index contributed by atoms with van der Waals surface area (Å²) in [5.74, 6) is 0.581. The van der Waals surface area contributed by atoms with Crippen molar-refractivity contribution in [3.63, 3.8) is 0 Å². The third kappa shape index (κ3) is 5.32. The Kier molecular flexibility index (Phi) is 7.35. The quantitative estimate of drug-likeness (QED) is 0.493. The third-order valence-corrected chi connectivity index (χ3v) is 6.62. The molecule has 34 heavy (non-hydrogen) atoms. The topological polar surface area (TPSA) is 61.4 Å².